The number of aliphatic imine (C=N–C) groups is 2. The number of halogens is 1. The van der Waals surface area contributed by atoms with Crippen LogP contribution in [-0.4, -0.2) is 72.2 Å². The minimum atomic E-state index is -0.916. The molecule has 8 nitrogen and oxygen atoms in total. The molecular formula is C23H34FN3O5. The average molecular weight is 452 g/mol. The molecule has 0 aromatic rings. The van der Waals surface area contributed by atoms with Gasteiger partial charge in [0.15, 0.2) is 5.71 Å². The minimum absolute atomic E-state index is 0.000111. The molecule has 9 heteroatoms. The van der Waals surface area contributed by atoms with Crippen LogP contribution in [0, 0.1) is 5.92 Å². The van der Waals surface area contributed by atoms with Crippen LogP contribution >= 0.6 is 0 Å². The minimum Gasteiger partial charge on any atom is -0.481 e. The second kappa shape index (κ2) is 10.3. The monoisotopic (exact) mass is 451 g/mol. The number of carbonyl (C=O) groups is 2. The number of carboxylic acid groups (broad SMARTS) is 1. The van der Waals surface area contributed by atoms with Crippen LogP contribution in [0.15, 0.2) is 9.98 Å². The van der Waals surface area contributed by atoms with Crippen molar-refractivity contribution in [2.24, 2.45) is 15.9 Å². The maximum Gasteiger partial charge on any atom is 0.306 e. The largest absolute Gasteiger partial charge is 0.481 e. The summed E-state index contributed by atoms with van der Waals surface area (Å²) in [5.41, 5.74) is 0.183. The lowest BCUT2D eigenvalue weighted by molar-refractivity contribution is -0.143. The lowest BCUT2D eigenvalue weighted by atomic mass is 9.85. The van der Waals surface area contributed by atoms with Crippen molar-refractivity contribution in [3.8, 4) is 0 Å². The molecule has 0 aromatic carbocycles. The van der Waals surface area contributed by atoms with Gasteiger partial charge in [-0.25, -0.2) is 9.38 Å². The fourth-order valence-electron chi connectivity index (χ4n) is 5.45. The fourth-order valence-corrected chi connectivity index (χ4v) is 5.45. The Morgan fingerprint density at radius 3 is 2.44 bits per heavy atom. The van der Waals surface area contributed by atoms with Crippen molar-refractivity contribution in [1.29, 1.82) is 0 Å². The molecule has 178 valence electrons. The number of nitrogens with zero attached hydrogens (tertiary/aromatic N) is 2. The summed E-state index contributed by atoms with van der Waals surface area (Å²) in [6.07, 6.45) is 5.93. The predicted octanol–water partition coefficient (Wildman–Crippen LogP) is 2.83. The highest BCUT2D eigenvalue weighted by Gasteiger charge is 2.39. The first-order chi connectivity index (χ1) is 15.4. The Kier molecular flexibility index (Phi) is 7.43. The standard InChI is InChI=1S/C23H34FN3O5/c1-31-19-12-14(24)9-10-18(19)32-22-20(26-16-7-2-3-8-17(16)27-22)21(28)25-15-6-4-5-13(11-15)23(29)30/h13-19H,2-12H2,1H3,(H,25,28)(H,29,30). The van der Waals surface area contributed by atoms with E-state index in [4.69, 9.17) is 19.5 Å². The Balaban J connectivity index is 1.49. The molecule has 0 aromatic heterocycles. The van der Waals surface area contributed by atoms with Crippen molar-refractivity contribution in [3.05, 3.63) is 0 Å². The summed E-state index contributed by atoms with van der Waals surface area (Å²) < 4.78 is 25.5. The van der Waals surface area contributed by atoms with Gasteiger partial charge in [0.2, 0.25) is 5.90 Å². The van der Waals surface area contributed by atoms with Gasteiger partial charge in [0, 0.05) is 19.6 Å². The number of fused-ring (bicyclic) bond motifs is 1. The molecule has 1 amide bonds. The van der Waals surface area contributed by atoms with Crippen molar-refractivity contribution in [2.45, 2.75) is 107 Å². The lowest BCUT2D eigenvalue weighted by Crippen LogP contribution is -2.50. The van der Waals surface area contributed by atoms with Gasteiger partial charge in [-0.3, -0.25) is 14.6 Å². The molecule has 0 spiro atoms. The van der Waals surface area contributed by atoms with Crippen LogP contribution in [0.3, 0.4) is 0 Å². The topological polar surface area (TPSA) is 110 Å². The van der Waals surface area contributed by atoms with Crippen LogP contribution in [0.4, 0.5) is 4.39 Å². The third-order valence-corrected chi connectivity index (χ3v) is 7.28. The number of hydrogen-bond acceptors (Lipinski definition) is 6. The normalized spacial score (nSPS) is 37.5. The molecule has 32 heavy (non-hydrogen) atoms. The molecule has 3 aliphatic carbocycles. The van der Waals surface area contributed by atoms with E-state index in [1.807, 2.05) is 0 Å². The van der Waals surface area contributed by atoms with Gasteiger partial charge in [-0.05, 0) is 44.9 Å². The summed E-state index contributed by atoms with van der Waals surface area (Å²) in [6.45, 7) is 0. The molecule has 2 N–H and O–H groups in total. The number of hydrogen-bond donors (Lipinski definition) is 2. The number of nitrogens with one attached hydrogen (secondary N) is 1. The summed E-state index contributed by atoms with van der Waals surface area (Å²) in [7, 11) is 1.54. The molecular weight excluding hydrogens is 417 g/mol. The third kappa shape index (κ3) is 5.30. The Bertz CT molecular complexity index is 773. The van der Waals surface area contributed by atoms with Crippen molar-refractivity contribution in [1.82, 2.24) is 5.32 Å². The summed E-state index contributed by atoms with van der Waals surface area (Å²) >= 11 is 0. The molecule has 4 aliphatic rings. The van der Waals surface area contributed by atoms with Gasteiger partial charge in [0.25, 0.3) is 5.91 Å². The second-order valence-electron chi connectivity index (χ2n) is 9.54. The van der Waals surface area contributed by atoms with Crippen LogP contribution in [-0.2, 0) is 19.1 Å². The zero-order chi connectivity index (χ0) is 22.7. The summed E-state index contributed by atoms with van der Waals surface area (Å²) in [6, 6.07) is -0.242. The number of rotatable bonds is 5. The van der Waals surface area contributed by atoms with Gasteiger partial charge in [0.1, 0.15) is 12.3 Å². The zero-order valence-electron chi connectivity index (χ0n) is 18.7. The van der Waals surface area contributed by atoms with Crippen LogP contribution in [0.25, 0.3) is 0 Å². The van der Waals surface area contributed by atoms with Crippen molar-refractivity contribution >= 4 is 23.5 Å². The van der Waals surface area contributed by atoms with E-state index in [9.17, 15) is 19.1 Å². The average Bonchev–Trinajstić information content (AvgIpc) is 2.79. The molecule has 0 saturated heterocycles. The predicted molar refractivity (Wildman–Crippen MR) is 117 cm³/mol. The first kappa shape index (κ1) is 23.1. The SMILES string of the molecule is COC1CC(F)CCC1OC1=NC2CCCCC2N=C1C(=O)NC1CCCC(C(=O)O)C1. The fraction of sp³-hybridized carbons (Fsp3) is 0.826. The first-order valence-electron chi connectivity index (χ1n) is 12.0. The number of amides is 1. The zero-order valence-corrected chi connectivity index (χ0v) is 18.7. The van der Waals surface area contributed by atoms with E-state index >= 15 is 0 Å². The highest BCUT2D eigenvalue weighted by molar-refractivity contribution is 6.65. The molecule has 7 atom stereocenters. The van der Waals surface area contributed by atoms with Crippen LogP contribution < -0.4 is 5.32 Å². The Morgan fingerprint density at radius 2 is 1.72 bits per heavy atom. The van der Waals surface area contributed by atoms with E-state index in [0.29, 0.717) is 25.7 Å². The van der Waals surface area contributed by atoms with Crippen LogP contribution in [0.2, 0.25) is 0 Å². The maximum atomic E-state index is 13.9. The number of methoxy groups -OCH3 is 1. The first-order valence-corrected chi connectivity index (χ1v) is 12.0. The van der Waals surface area contributed by atoms with E-state index in [1.165, 1.54) is 0 Å². The molecule has 3 saturated carbocycles. The molecule has 1 aliphatic heterocycles. The smallest absolute Gasteiger partial charge is 0.306 e. The Morgan fingerprint density at radius 1 is 0.969 bits per heavy atom. The van der Waals surface area contributed by atoms with Gasteiger partial charge in [-0.2, -0.15) is 0 Å². The third-order valence-electron chi connectivity index (χ3n) is 7.28. The van der Waals surface area contributed by atoms with E-state index in [-0.39, 0.29) is 48.2 Å². The number of alkyl halides is 1. The van der Waals surface area contributed by atoms with Crippen LogP contribution in [0.1, 0.15) is 70.6 Å². The van der Waals surface area contributed by atoms with E-state index in [1.54, 1.807) is 7.11 Å². The van der Waals surface area contributed by atoms with Crippen molar-refractivity contribution in [2.75, 3.05) is 7.11 Å². The van der Waals surface area contributed by atoms with E-state index in [0.717, 1.165) is 38.5 Å². The van der Waals surface area contributed by atoms with Gasteiger partial charge < -0.3 is 19.9 Å². The van der Waals surface area contributed by atoms with Gasteiger partial charge >= 0.3 is 5.97 Å². The Labute approximate surface area is 188 Å². The molecule has 7 unspecified atom stereocenters. The lowest BCUT2D eigenvalue weighted by Gasteiger charge is -2.36. The number of ether oxygens (including phenoxy) is 2. The molecule has 0 bridgehead atoms. The van der Waals surface area contributed by atoms with Crippen LogP contribution in [0.5, 0.6) is 0 Å². The van der Waals surface area contributed by atoms with Crippen molar-refractivity contribution < 1.29 is 28.6 Å². The molecule has 1 heterocycles. The molecule has 3 fully saturated rings. The molecule has 0 radical (unpaired) electrons. The highest BCUT2D eigenvalue weighted by Crippen LogP contribution is 2.30. The Hall–Kier alpha value is -2.03. The maximum absolute atomic E-state index is 13.9. The number of aliphatic carboxylic acids is 1. The summed E-state index contributed by atoms with van der Waals surface area (Å²) in [5.74, 6) is -1.39. The highest BCUT2D eigenvalue weighted by atomic mass is 19.1. The van der Waals surface area contributed by atoms with Gasteiger partial charge in [0.05, 0.1) is 24.1 Å². The number of carbonyl (C=O) groups excluding carboxylic acids is 1. The second-order valence-corrected chi connectivity index (χ2v) is 9.54. The quantitative estimate of drug-likeness (QED) is 0.668. The van der Waals surface area contributed by atoms with E-state index in [2.05, 4.69) is 5.32 Å². The summed E-state index contributed by atoms with van der Waals surface area (Å²) in [4.78, 5) is 34.2. The molecule has 4 rings (SSSR count). The summed E-state index contributed by atoms with van der Waals surface area (Å²) in [5, 5.41) is 12.3. The van der Waals surface area contributed by atoms with Crippen molar-refractivity contribution in [3.63, 3.8) is 0 Å². The van der Waals surface area contributed by atoms with Gasteiger partial charge in [-0.1, -0.05) is 19.3 Å². The number of carboxylic acids is 1. The van der Waals surface area contributed by atoms with E-state index < -0.39 is 24.2 Å². The van der Waals surface area contributed by atoms with Gasteiger partial charge in [-0.15, -0.1) is 0 Å².